The van der Waals surface area contributed by atoms with Crippen LogP contribution in [0.2, 0.25) is 0 Å². The van der Waals surface area contributed by atoms with Gasteiger partial charge in [-0.05, 0) is 6.42 Å². The SMILES string of the molecule is CCC(=CC(=O)O)C(=O)O.O=C(O)C=CC(=O)O. The van der Waals surface area contributed by atoms with Crippen molar-refractivity contribution in [2.75, 3.05) is 0 Å². The summed E-state index contributed by atoms with van der Waals surface area (Å²) < 4.78 is 0. The zero-order valence-corrected chi connectivity index (χ0v) is 9.36. The summed E-state index contributed by atoms with van der Waals surface area (Å²) in [6, 6.07) is 0. The van der Waals surface area contributed by atoms with Gasteiger partial charge in [0.25, 0.3) is 0 Å². The van der Waals surface area contributed by atoms with Gasteiger partial charge in [-0.15, -0.1) is 0 Å². The predicted octanol–water partition coefficient (Wildman–Crippen LogP) is 0.204. The average molecular weight is 260 g/mol. The van der Waals surface area contributed by atoms with Crippen molar-refractivity contribution in [2.45, 2.75) is 13.3 Å². The van der Waals surface area contributed by atoms with E-state index in [1.165, 1.54) is 0 Å². The second-order valence-corrected chi connectivity index (χ2v) is 2.68. The van der Waals surface area contributed by atoms with Crippen LogP contribution in [0.25, 0.3) is 0 Å². The molecule has 0 rings (SSSR count). The molecule has 8 heteroatoms. The van der Waals surface area contributed by atoms with Gasteiger partial charge < -0.3 is 20.4 Å². The molecule has 0 atom stereocenters. The summed E-state index contributed by atoms with van der Waals surface area (Å²) in [6.45, 7) is 1.59. The highest BCUT2D eigenvalue weighted by Gasteiger charge is 2.05. The summed E-state index contributed by atoms with van der Waals surface area (Å²) >= 11 is 0. The maximum Gasteiger partial charge on any atom is 0.331 e. The molecule has 0 aliphatic heterocycles. The first kappa shape index (κ1) is 17.7. The summed E-state index contributed by atoms with van der Waals surface area (Å²) in [4.78, 5) is 39.2. The first-order valence-electron chi connectivity index (χ1n) is 4.51. The van der Waals surface area contributed by atoms with Crippen LogP contribution in [0.1, 0.15) is 13.3 Å². The van der Waals surface area contributed by atoms with E-state index in [0.717, 1.165) is 0 Å². The van der Waals surface area contributed by atoms with Crippen LogP contribution in [-0.4, -0.2) is 44.3 Å². The van der Waals surface area contributed by atoms with E-state index >= 15 is 0 Å². The van der Waals surface area contributed by atoms with Crippen molar-refractivity contribution >= 4 is 23.9 Å². The van der Waals surface area contributed by atoms with Gasteiger partial charge >= 0.3 is 23.9 Å². The van der Waals surface area contributed by atoms with E-state index in [1.54, 1.807) is 6.92 Å². The first-order valence-corrected chi connectivity index (χ1v) is 4.51. The summed E-state index contributed by atoms with van der Waals surface area (Å²) in [5.41, 5.74) is -0.0903. The fourth-order valence-electron chi connectivity index (χ4n) is 0.607. The van der Waals surface area contributed by atoms with Gasteiger partial charge in [0.15, 0.2) is 0 Å². The molecule has 0 fully saturated rings. The van der Waals surface area contributed by atoms with Crippen molar-refractivity contribution in [1.82, 2.24) is 0 Å². The third-order valence-corrected chi connectivity index (χ3v) is 1.32. The molecule has 0 aromatic carbocycles. The van der Waals surface area contributed by atoms with Gasteiger partial charge in [0.2, 0.25) is 0 Å². The highest BCUT2D eigenvalue weighted by atomic mass is 16.4. The van der Waals surface area contributed by atoms with E-state index in [0.29, 0.717) is 18.2 Å². The van der Waals surface area contributed by atoms with Crippen LogP contribution in [0.4, 0.5) is 0 Å². The van der Waals surface area contributed by atoms with E-state index in [9.17, 15) is 19.2 Å². The molecule has 100 valence electrons. The Kier molecular flexibility index (Phi) is 9.44. The molecule has 8 nitrogen and oxygen atoms in total. The van der Waals surface area contributed by atoms with E-state index in [-0.39, 0.29) is 12.0 Å². The highest BCUT2D eigenvalue weighted by molar-refractivity contribution is 5.94. The van der Waals surface area contributed by atoms with E-state index in [1.807, 2.05) is 0 Å². The van der Waals surface area contributed by atoms with Crippen LogP contribution in [0.3, 0.4) is 0 Å². The van der Waals surface area contributed by atoms with Crippen LogP contribution < -0.4 is 0 Å². The zero-order chi connectivity index (χ0) is 14.7. The summed E-state index contributed by atoms with van der Waals surface area (Å²) in [7, 11) is 0. The fourth-order valence-corrected chi connectivity index (χ4v) is 0.607. The third kappa shape index (κ3) is 13.4. The van der Waals surface area contributed by atoms with Crippen molar-refractivity contribution in [3.8, 4) is 0 Å². The van der Waals surface area contributed by atoms with Crippen LogP contribution >= 0.6 is 0 Å². The highest BCUT2D eigenvalue weighted by Crippen LogP contribution is 1.98. The fraction of sp³-hybridized carbons (Fsp3) is 0.200. The van der Waals surface area contributed by atoms with Crippen molar-refractivity contribution in [3.05, 3.63) is 23.8 Å². The zero-order valence-electron chi connectivity index (χ0n) is 9.36. The standard InChI is InChI=1S/C6H8O4.C4H4O4/c1-2-4(6(9)10)3-5(7)8;5-3(6)1-2-4(7)8/h3H,2H2,1H3,(H,7,8)(H,9,10);1-2H,(H,5,6)(H,7,8). The Morgan fingerprint density at radius 2 is 1.22 bits per heavy atom. The molecular weight excluding hydrogens is 248 g/mol. The van der Waals surface area contributed by atoms with E-state index < -0.39 is 23.9 Å². The molecule has 0 radical (unpaired) electrons. The second-order valence-electron chi connectivity index (χ2n) is 2.68. The molecule has 0 saturated carbocycles. The molecule has 18 heavy (non-hydrogen) atoms. The Hall–Kier alpha value is -2.64. The Labute approximate surface area is 101 Å². The van der Waals surface area contributed by atoms with Crippen LogP contribution in [-0.2, 0) is 19.2 Å². The number of carboxylic acids is 4. The first-order chi connectivity index (χ1) is 8.20. The summed E-state index contributed by atoms with van der Waals surface area (Å²) in [5, 5.41) is 32.0. The number of aliphatic carboxylic acids is 4. The Morgan fingerprint density at radius 1 is 0.833 bits per heavy atom. The van der Waals surface area contributed by atoms with E-state index in [4.69, 9.17) is 20.4 Å². The van der Waals surface area contributed by atoms with Gasteiger partial charge in [0, 0.05) is 23.8 Å². The van der Waals surface area contributed by atoms with Gasteiger partial charge in [0.05, 0.1) is 0 Å². The molecule has 0 bridgehead atoms. The summed E-state index contributed by atoms with van der Waals surface area (Å²) in [5.74, 6) is -4.91. The minimum Gasteiger partial charge on any atom is -0.478 e. The lowest BCUT2D eigenvalue weighted by Crippen LogP contribution is -2.02. The molecule has 0 aromatic rings. The number of carbonyl (C=O) groups is 4. The monoisotopic (exact) mass is 260 g/mol. The molecule has 0 amide bonds. The molecule has 0 unspecified atom stereocenters. The molecule has 0 aliphatic rings. The second kappa shape index (κ2) is 9.58. The molecule has 0 heterocycles. The van der Waals surface area contributed by atoms with Gasteiger partial charge in [0.1, 0.15) is 0 Å². The number of rotatable bonds is 5. The topological polar surface area (TPSA) is 149 Å². The van der Waals surface area contributed by atoms with Crippen LogP contribution in [0.5, 0.6) is 0 Å². The third-order valence-electron chi connectivity index (χ3n) is 1.32. The molecular formula is C10H12O8. The van der Waals surface area contributed by atoms with Gasteiger partial charge in [-0.2, -0.15) is 0 Å². The maximum atomic E-state index is 10.1. The minimum atomic E-state index is -1.26. The Balaban J connectivity index is 0. The van der Waals surface area contributed by atoms with Crippen molar-refractivity contribution in [2.24, 2.45) is 0 Å². The molecule has 0 aliphatic carbocycles. The van der Waals surface area contributed by atoms with Crippen molar-refractivity contribution in [1.29, 1.82) is 0 Å². The lowest BCUT2D eigenvalue weighted by atomic mass is 10.2. The predicted molar refractivity (Wildman–Crippen MR) is 58.1 cm³/mol. The van der Waals surface area contributed by atoms with Gasteiger partial charge in [-0.1, -0.05) is 6.92 Å². The molecule has 0 saturated heterocycles. The van der Waals surface area contributed by atoms with Crippen LogP contribution in [0.15, 0.2) is 23.8 Å². The maximum absolute atomic E-state index is 10.1. The van der Waals surface area contributed by atoms with Crippen molar-refractivity contribution < 1.29 is 39.6 Å². The molecule has 0 spiro atoms. The summed E-state index contributed by atoms with van der Waals surface area (Å²) in [6.07, 6.45) is 2.04. The Bertz CT molecular complexity index is 375. The van der Waals surface area contributed by atoms with Crippen LogP contribution in [0, 0.1) is 0 Å². The average Bonchev–Trinajstić information content (AvgIpc) is 2.23. The van der Waals surface area contributed by atoms with E-state index in [2.05, 4.69) is 0 Å². The minimum absolute atomic E-state index is 0.0903. The lowest BCUT2D eigenvalue weighted by molar-refractivity contribution is -0.135. The normalized spacial score (nSPS) is 10.4. The largest absolute Gasteiger partial charge is 0.478 e. The van der Waals surface area contributed by atoms with Gasteiger partial charge in [-0.25, -0.2) is 19.2 Å². The van der Waals surface area contributed by atoms with Gasteiger partial charge in [-0.3, -0.25) is 0 Å². The lowest BCUT2D eigenvalue weighted by Gasteiger charge is -1.92. The number of carboxylic acid groups (broad SMARTS) is 4. The molecule has 0 aromatic heterocycles. The molecule has 4 N–H and O–H groups in total. The quantitative estimate of drug-likeness (QED) is 0.512. The van der Waals surface area contributed by atoms with Crippen molar-refractivity contribution in [3.63, 3.8) is 0 Å². The Morgan fingerprint density at radius 3 is 1.33 bits per heavy atom. The smallest absolute Gasteiger partial charge is 0.331 e. The number of hydrogen-bond donors (Lipinski definition) is 4. The number of hydrogen-bond acceptors (Lipinski definition) is 4.